The molecule has 0 aliphatic heterocycles. The number of nitrogens with zero attached hydrogens (tertiary/aromatic N) is 2. The van der Waals surface area contributed by atoms with Gasteiger partial charge in [0, 0.05) is 20.3 Å². The topological polar surface area (TPSA) is 53.4 Å². The van der Waals surface area contributed by atoms with E-state index in [0.29, 0.717) is 17.3 Å². The van der Waals surface area contributed by atoms with Gasteiger partial charge in [0.1, 0.15) is 11.4 Å². The highest BCUT2D eigenvalue weighted by atomic mass is 16.4. The van der Waals surface area contributed by atoms with Crippen LogP contribution in [-0.2, 0) is 0 Å². The van der Waals surface area contributed by atoms with Crippen molar-refractivity contribution in [2.45, 2.75) is 31.6 Å². The van der Waals surface area contributed by atoms with Crippen LogP contribution in [0.25, 0.3) is 0 Å². The van der Waals surface area contributed by atoms with Gasteiger partial charge in [0.2, 0.25) is 0 Å². The number of aromatic carboxylic acids is 1. The second-order valence-electron chi connectivity index (χ2n) is 4.78. The summed E-state index contributed by atoms with van der Waals surface area (Å²) in [4.78, 5) is 17.4. The van der Waals surface area contributed by atoms with Crippen molar-refractivity contribution >= 4 is 11.8 Å². The third-order valence-corrected chi connectivity index (χ3v) is 3.40. The molecule has 0 radical (unpaired) electrons. The van der Waals surface area contributed by atoms with E-state index in [-0.39, 0.29) is 0 Å². The molecular formula is C13H18N2O2. The van der Waals surface area contributed by atoms with Crippen molar-refractivity contribution in [1.82, 2.24) is 4.98 Å². The van der Waals surface area contributed by atoms with E-state index in [2.05, 4.69) is 4.98 Å². The Labute approximate surface area is 101 Å². The maximum atomic E-state index is 11.4. The van der Waals surface area contributed by atoms with Crippen LogP contribution in [0, 0.1) is 0 Å². The number of carboxylic acids is 1. The molecule has 2 rings (SSSR count). The minimum absolute atomic E-state index is 0.379. The fourth-order valence-electron chi connectivity index (χ4n) is 2.60. The number of hydrogen-bond acceptors (Lipinski definition) is 3. The summed E-state index contributed by atoms with van der Waals surface area (Å²) in [5, 5.41) is 9.39. The Bertz CT molecular complexity index is 423. The highest BCUT2D eigenvalue weighted by Crippen LogP contribution is 2.37. The number of anilines is 1. The van der Waals surface area contributed by atoms with Crippen molar-refractivity contribution in [2.24, 2.45) is 0 Å². The van der Waals surface area contributed by atoms with E-state index in [1.807, 2.05) is 20.2 Å². The third-order valence-electron chi connectivity index (χ3n) is 3.40. The van der Waals surface area contributed by atoms with Crippen molar-refractivity contribution in [3.8, 4) is 0 Å². The molecule has 0 unspecified atom stereocenters. The molecule has 1 aromatic heterocycles. The summed E-state index contributed by atoms with van der Waals surface area (Å²) in [6.45, 7) is 0. The molecule has 0 aromatic carbocycles. The summed E-state index contributed by atoms with van der Waals surface area (Å²) in [7, 11) is 3.65. The van der Waals surface area contributed by atoms with Crippen LogP contribution in [-0.4, -0.2) is 30.2 Å². The molecule has 17 heavy (non-hydrogen) atoms. The lowest BCUT2D eigenvalue weighted by molar-refractivity contribution is 0.0695. The van der Waals surface area contributed by atoms with Crippen molar-refractivity contribution in [2.75, 3.05) is 19.0 Å². The van der Waals surface area contributed by atoms with Crippen LogP contribution >= 0.6 is 0 Å². The molecule has 1 aromatic rings. The SMILES string of the molecule is CN(C)c1nccc(C2CCCC2)c1C(=O)O. The summed E-state index contributed by atoms with van der Waals surface area (Å²) in [6.07, 6.45) is 6.30. The van der Waals surface area contributed by atoms with E-state index < -0.39 is 5.97 Å². The smallest absolute Gasteiger partial charge is 0.339 e. The first-order chi connectivity index (χ1) is 8.11. The number of hydrogen-bond donors (Lipinski definition) is 1. The second-order valence-corrected chi connectivity index (χ2v) is 4.78. The van der Waals surface area contributed by atoms with Crippen LogP contribution in [0.1, 0.15) is 47.5 Å². The first-order valence-electron chi connectivity index (χ1n) is 6.00. The molecule has 0 spiro atoms. The zero-order valence-electron chi connectivity index (χ0n) is 10.3. The maximum absolute atomic E-state index is 11.4. The first kappa shape index (κ1) is 11.9. The number of carboxylic acid groups (broad SMARTS) is 1. The Morgan fingerprint density at radius 2 is 2.06 bits per heavy atom. The Morgan fingerprint density at radius 1 is 1.41 bits per heavy atom. The van der Waals surface area contributed by atoms with Gasteiger partial charge in [-0.25, -0.2) is 9.78 Å². The van der Waals surface area contributed by atoms with E-state index in [4.69, 9.17) is 0 Å². The van der Waals surface area contributed by atoms with Gasteiger partial charge >= 0.3 is 5.97 Å². The van der Waals surface area contributed by atoms with Crippen LogP contribution in [0.2, 0.25) is 0 Å². The zero-order valence-corrected chi connectivity index (χ0v) is 10.3. The van der Waals surface area contributed by atoms with Crippen molar-refractivity contribution in [1.29, 1.82) is 0 Å². The molecule has 0 amide bonds. The Morgan fingerprint density at radius 3 is 2.59 bits per heavy atom. The van der Waals surface area contributed by atoms with Crippen LogP contribution < -0.4 is 4.90 Å². The quantitative estimate of drug-likeness (QED) is 0.873. The van der Waals surface area contributed by atoms with E-state index in [0.717, 1.165) is 18.4 Å². The molecule has 0 saturated heterocycles. The lowest BCUT2D eigenvalue weighted by atomic mass is 9.93. The largest absolute Gasteiger partial charge is 0.478 e. The predicted octanol–water partition coefficient (Wildman–Crippen LogP) is 2.50. The highest BCUT2D eigenvalue weighted by Gasteiger charge is 2.25. The monoisotopic (exact) mass is 234 g/mol. The molecule has 1 N–H and O–H groups in total. The molecule has 4 heteroatoms. The van der Waals surface area contributed by atoms with Gasteiger partial charge in [-0.3, -0.25) is 0 Å². The lowest BCUT2D eigenvalue weighted by Crippen LogP contribution is -2.18. The third kappa shape index (κ3) is 2.25. The van der Waals surface area contributed by atoms with Gasteiger partial charge < -0.3 is 10.0 Å². The average molecular weight is 234 g/mol. The molecule has 92 valence electrons. The van der Waals surface area contributed by atoms with Gasteiger partial charge in [-0.2, -0.15) is 0 Å². The average Bonchev–Trinajstić information content (AvgIpc) is 2.81. The van der Waals surface area contributed by atoms with Crippen LogP contribution in [0.15, 0.2) is 12.3 Å². The second kappa shape index (κ2) is 4.73. The molecule has 1 aliphatic carbocycles. The number of rotatable bonds is 3. The summed E-state index contributed by atoms with van der Waals surface area (Å²) in [6, 6.07) is 1.87. The number of carbonyl (C=O) groups is 1. The molecule has 0 bridgehead atoms. The summed E-state index contributed by atoms with van der Waals surface area (Å²) in [5.41, 5.74) is 1.33. The number of aromatic nitrogens is 1. The zero-order chi connectivity index (χ0) is 12.4. The Hall–Kier alpha value is -1.58. The van der Waals surface area contributed by atoms with Gasteiger partial charge in [-0.15, -0.1) is 0 Å². The van der Waals surface area contributed by atoms with Gasteiger partial charge in [-0.1, -0.05) is 12.8 Å². The van der Waals surface area contributed by atoms with Crippen molar-refractivity contribution in [3.63, 3.8) is 0 Å². The first-order valence-corrected chi connectivity index (χ1v) is 6.00. The van der Waals surface area contributed by atoms with E-state index in [1.54, 1.807) is 11.1 Å². The van der Waals surface area contributed by atoms with Gasteiger partial charge in [0.15, 0.2) is 0 Å². The van der Waals surface area contributed by atoms with Gasteiger partial charge in [-0.05, 0) is 30.4 Å². The van der Waals surface area contributed by atoms with Crippen LogP contribution in [0.5, 0.6) is 0 Å². The molecule has 1 fully saturated rings. The summed E-state index contributed by atoms with van der Waals surface area (Å²) < 4.78 is 0. The van der Waals surface area contributed by atoms with Crippen LogP contribution in [0.4, 0.5) is 5.82 Å². The summed E-state index contributed by atoms with van der Waals surface area (Å²) >= 11 is 0. The molecular weight excluding hydrogens is 216 g/mol. The fraction of sp³-hybridized carbons (Fsp3) is 0.538. The van der Waals surface area contributed by atoms with Gasteiger partial charge in [0.25, 0.3) is 0 Å². The van der Waals surface area contributed by atoms with Gasteiger partial charge in [0.05, 0.1) is 0 Å². The molecule has 1 saturated carbocycles. The van der Waals surface area contributed by atoms with Crippen molar-refractivity contribution < 1.29 is 9.90 Å². The normalized spacial score (nSPS) is 16.1. The molecule has 4 nitrogen and oxygen atoms in total. The standard InChI is InChI=1S/C13H18N2O2/c1-15(2)12-11(13(16)17)10(7-8-14-12)9-5-3-4-6-9/h7-9H,3-6H2,1-2H3,(H,16,17). The predicted molar refractivity (Wildman–Crippen MR) is 66.7 cm³/mol. The maximum Gasteiger partial charge on any atom is 0.339 e. The number of pyridine rings is 1. The van der Waals surface area contributed by atoms with Crippen LogP contribution in [0.3, 0.4) is 0 Å². The van der Waals surface area contributed by atoms with E-state index in [1.165, 1.54) is 12.8 Å². The molecule has 0 atom stereocenters. The Balaban J connectivity index is 2.50. The molecule has 1 aliphatic rings. The minimum atomic E-state index is -0.872. The fourth-order valence-corrected chi connectivity index (χ4v) is 2.60. The van der Waals surface area contributed by atoms with E-state index in [9.17, 15) is 9.90 Å². The summed E-state index contributed by atoms with van der Waals surface area (Å²) in [5.74, 6) is 0.0772. The minimum Gasteiger partial charge on any atom is -0.478 e. The van der Waals surface area contributed by atoms with E-state index >= 15 is 0 Å². The van der Waals surface area contributed by atoms with Crippen molar-refractivity contribution in [3.05, 3.63) is 23.4 Å². The molecule has 1 heterocycles. The highest BCUT2D eigenvalue weighted by molar-refractivity contribution is 5.95. The Kier molecular flexibility index (Phi) is 3.31. The lowest BCUT2D eigenvalue weighted by Gasteiger charge is -2.19.